The Bertz CT molecular complexity index is 433. The molecule has 1 unspecified atom stereocenters. The number of nitrogens with zero attached hydrogens (tertiary/aromatic N) is 1. The normalized spacial score (nSPS) is 12.1. The fraction of sp³-hybridized carbons (Fsp3) is 0.500. The van der Waals surface area contributed by atoms with E-state index in [1.807, 2.05) is 13.8 Å². The molecule has 2 N–H and O–H groups in total. The number of likely N-dealkylation sites (N-methyl/N-ethyl adjacent to an activating group) is 1. The summed E-state index contributed by atoms with van der Waals surface area (Å²) in [6, 6.07) is 4.49. The van der Waals surface area contributed by atoms with Crippen LogP contribution in [0, 0.1) is 5.82 Å². The predicted molar refractivity (Wildman–Crippen MR) is 72.3 cm³/mol. The maximum absolute atomic E-state index is 13.5. The van der Waals surface area contributed by atoms with E-state index < -0.39 is 11.9 Å². The summed E-state index contributed by atoms with van der Waals surface area (Å²) >= 11 is 0. The maximum Gasteiger partial charge on any atom is 0.263 e. The van der Waals surface area contributed by atoms with Crippen LogP contribution in [0.1, 0.15) is 26.3 Å². The predicted octanol–water partition coefficient (Wildman–Crippen LogP) is 1.92. The van der Waals surface area contributed by atoms with Crippen LogP contribution in [0.4, 0.5) is 4.39 Å². The highest BCUT2D eigenvalue weighted by atomic mass is 19.1. The summed E-state index contributed by atoms with van der Waals surface area (Å²) in [6.07, 6.45) is -0.660. The Labute approximate surface area is 113 Å². The Morgan fingerprint density at radius 1 is 1.42 bits per heavy atom. The van der Waals surface area contributed by atoms with E-state index in [0.717, 1.165) is 0 Å². The number of nitrogens with two attached hydrogens (primary N) is 1. The standard InChI is InChI=1S/C14H21FN2O2/c1-4-17(5-2)14(18)10(3)19-13-8-6-7-12(15)11(13)9-16/h6-8,10H,4-5,9,16H2,1-3H3. The maximum atomic E-state index is 13.5. The topological polar surface area (TPSA) is 55.6 Å². The van der Waals surface area contributed by atoms with Crippen LogP contribution in [0.3, 0.4) is 0 Å². The molecule has 0 radical (unpaired) electrons. The van der Waals surface area contributed by atoms with E-state index >= 15 is 0 Å². The van der Waals surface area contributed by atoms with Crippen LogP contribution in [0.2, 0.25) is 0 Å². The highest BCUT2D eigenvalue weighted by molar-refractivity contribution is 5.80. The Kier molecular flexibility index (Phi) is 5.76. The van der Waals surface area contributed by atoms with Gasteiger partial charge < -0.3 is 15.4 Å². The van der Waals surface area contributed by atoms with Crippen LogP contribution in [0.15, 0.2) is 18.2 Å². The van der Waals surface area contributed by atoms with Crippen molar-refractivity contribution in [2.75, 3.05) is 13.1 Å². The number of amides is 1. The molecule has 0 aliphatic heterocycles. The molecule has 0 saturated carbocycles. The molecule has 0 saturated heterocycles. The molecule has 0 bridgehead atoms. The van der Waals surface area contributed by atoms with E-state index in [2.05, 4.69) is 0 Å². The monoisotopic (exact) mass is 268 g/mol. The van der Waals surface area contributed by atoms with Crippen LogP contribution in [-0.2, 0) is 11.3 Å². The van der Waals surface area contributed by atoms with Crippen molar-refractivity contribution in [2.45, 2.75) is 33.4 Å². The van der Waals surface area contributed by atoms with Gasteiger partial charge in [0.05, 0.1) is 0 Å². The number of benzene rings is 1. The molecule has 1 rings (SSSR count). The molecule has 106 valence electrons. The molecular weight excluding hydrogens is 247 g/mol. The first-order chi connectivity index (χ1) is 9.04. The van der Waals surface area contributed by atoms with Gasteiger partial charge in [-0.15, -0.1) is 0 Å². The number of ether oxygens (including phenoxy) is 1. The summed E-state index contributed by atoms with van der Waals surface area (Å²) in [5.74, 6) is -0.199. The van der Waals surface area contributed by atoms with Gasteiger partial charge >= 0.3 is 0 Å². The number of carbonyl (C=O) groups excluding carboxylic acids is 1. The SMILES string of the molecule is CCN(CC)C(=O)C(C)Oc1cccc(F)c1CN. The molecule has 4 nitrogen and oxygen atoms in total. The van der Waals surface area contributed by atoms with E-state index in [-0.39, 0.29) is 12.5 Å². The second-order valence-corrected chi connectivity index (χ2v) is 4.19. The molecule has 1 aromatic carbocycles. The lowest BCUT2D eigenvalue weighted by Gasteiger charge is -2.24. The molecule has 0 aliphatic carbocycles. The zero-order chi connectivity index (χ0) is 14.4. The Morgan fingerprint density at radius 2 is 2.05 bits per heavy atom. The van der Waals surface area contributed by atoms with Gasteiger partial charge in [0.15, 0.2) is 6.10 Å². The number of rotatable bonds is 6. The fourth-order valence-corrected chi connectivity index (χ4v) is 1.88. The molecule has 1 aromatic rings. The third kappa shape index (κ3) is 3.67. The average Bonchev–Trinajstić information content (AvgIpc) is 2.40. The van der Waals surface area contributed by atoms with Gasteiger partial charge in [0.1, 0.15) is 11.6 Å². The van der Waals surface area contributed by atoms with E-state index in [9.17, 15) is 9.18 Å². The quantitative estimate of drug-likeness (QED) is 0.857. The summed E-state index contributed by atoms with van der Waals surface area (Å²) in [5, 5.41) is 0. The van der Waals surface area contributed by atoms with Crippen LogP contribution >= 0.6 is 0 Å². The minimum absolute atomic E-state index is 0.0359. The minimum Gasteiger partial charge on any atom is -0.480 e. The summed E-state index contributed by atoms with van der Waals surface area (Å²) in [4.78, 5) is 13.7. The number of hydrogen-bond acceptors (Lipinski definition) is 3. The Balaban J connectivity index is 2.85. The first kappa shape index (κ1) is 15.4. The van der Waals surface area contributed by atoms with Crippen molar-refractivity contribution in [3.63, 3.8) is 0 Å². The fourth-order valence-electron chi connectivity index (χ4n) is 1.88. The molecule has 0 spiro atoms. The van der Waals surface area contributed by atoms with E-state index in [1.165, 1.54) is 6.07 Å². The van der Waals surface area contributed by atoms with Crippen LogP contribution in [-0.4, -0.2) is 30.0 Å². The summed E-state index contributed by atoms with van der Waals surface area (Å²) in [5.41, 5.74) is 5.79. The Hall–Kier alpha value is -1.62. The molecule has 0 aliphatic rings. The van der Waals surface area contributed by atoms with Crippen molar-refractivity contribution >= 4 is 5.91 Å². The second-order valence-electron chi connectivity index (χ2n) is 4.19. The molecule has 1 atom stereocenters. The smallest absolute Gasteiger partial charge is 0.263 e. The van der Waals surface area contributed by atoms with Gasteiger partial charge in [-0.3, -0.25) is 4.79 Å². The van der Waals surface area contributed by atoms with E-state index in [1.54, 1.807) is 24.0 Å². The summed E-state index contributed by atoms with van der Waals surface area (Å²) < 4.78 is 19.1. The molecular formula is C14H21FN2O2. The third-order valence-electron chi connectivity index (χ3n) is 3.01. The zero-order valence-electron chi connectivity index (χ0n) is 11.6. The number of hydrogen-bond donors (Lipinski definition) is 1. The van der Waals surface area contributed by atoms with Gasteiger partial charge in [0.2, 0.25) is 0 Å². The summed E-state index contributed by atoms with van der Waals surface area (Å²) in [7, 11) is 0. The van der Waals surface area contributed by atoms with Crippen molar-refractivity contribution in [1.29, 1.82) is 0 Å². The highest BCUT2D eigenvalue weighted by Crippen LogP contribution is 2.22. The lowest BCUT2D eigenvalue weighted by molar-refractivity contribution is -0.137. The Morgan fingerprint density at radius 3 is 2.58 bits per heavy atom. The van der Waals surface area contributed by atoms with Gasteiger partial charge in [0.25, 0.3) is 5.91 Å². The van der Waals surface area contributed by atoms with Gasteiger partial charge in [-0.2, -0.15) is 0 Å². The molecule has 5 heteroatoms. The highest BCUT2D eigenvalue weighted by Gasteiger charge is 2.21. The van der Waals surface area contributed by atoms with Gasteiger partial charge in [-0.05, 0) is 32.9 Å². The molecule has 0 heterocycles. The van der Waals surface area contributed by atoms with Gasteiger partial charge in [-0.1, -0.05) is 6.07 Å². The number of carbonyl (C=O) groups is 1. The van der Waals surface area contributed by atoms with Crippen molar-refractivity contribution in [1.82, 2.24) is 4.90 Å². The van der Waals surface area contributed by atoms with Crippen LogP contribution in [0.5, 0.6) is 5.75 Å². The largest absolute Gasteiger partial charge is 0.480 e. The minimum atomic E-state index is -0.660. The van der Waals surface area contributed by atoms with Crippen LogP contribution in [0.25, 0.3) is 0 Å². The second kappa shape index (κ2) is 7.09. The van der Waals surface area contributed by atoms with Crippen molar-refractivity contribution < 1.29 is 13.9 Å². The van der Waals surface area contributed by atoms with Crippen molar-refractivity contribution in [3.05, 3.63) is 29.6 Å². The lowest BCUT2D eigenvalue weighted by Crippen LogP contribution is -2.40. The molecule has 0 aromatic heterocycles. The molecule has 1 amide bonds. The van der Waals surface area contributed by atoms with Crippen molar-refractivity contribution in [2.24, 2.45) is 5.73 Å². The van der Waals surface area contributed by atoms with Crippen LogP contribution < -0.4 is 10.5 Å². The van der Waals surface area contributed by atoms with E-state index in [0.29, 0.717) is 24.4 Å². The third-order valence-corrected chi connectivity index (χ3v) is 3.01. The molecule has 0 fully saturated rings. The van der Waals surface area contributed by atoms with Gasteiger partial charge in [-0.25, -0.2) is 4.39 Å². The first-order valence-electron chi connectivity index (χ1n) is 6.48. The van der Waals surface area contributed by atoms with Gasteiger partial charge in [0, 0.05) is 25.2 Å². The first-order valence-corrected chi connectivity index (χ1v) is 6.48. The zero-order valence-corrected chi connectivity index (χ0v) is 11.6. The lowest BCUT2D eigenvalue weighted by atomic mass is 10.2. The average molecular weight is 268 g/mol. The molecule has 19 heavy (non-hydrogen) atoms. The summed E-state index contributed by atoms with van der Waals surface area (Å²) in [6.45, 7) is 6.75. The van der Waals surface area contributed by atoms with E-state index in [4.69, 9.17) is 10.5 Å². The van der Waals surface area contributed by atoms with Crippen molar-refractivity contribution in [3.8, 4) is 5.75 Å². The number of halogens is 1.